The summed E-state index contributed by atoms with van der Waals surface area (Å²) in [6, 6.07) is 11.2. The van der Waals surface area contributed by atoms with Gasteiger partial charge in [-0.1, -0.05) is 26.0 Å². The number of rotatable bonds is 8. The van der Waals surface area contributed by atoms with Crippen molar-refractivity contribution in [1.29, 1.82) is 0 Å². The molecule has 4 unspecified atom stereocenters. The first kappa shape index (κ1) is 23.7. The number of aryl methyl sites for hydroxylation is 1. The largest absolute Gasteiger partial charge is 0.378 e. The Labute approximate surface area is 198 Å². The fraction of sp³-hybridized carbons (Fsp3) is 0.593. The molecule has 3 saturated heterocycles. The number of benzene rings is 1. The number of nitrogens with zero attached hydrogens (tertiary/aromatic N) is 4. The van der Waals surface area contributed by atoms with Crippen LogP contribution >= 0.6 is 0 Å². The molecule has 1 aromatic carbocycles. The highest BCUT2D eigenvalue weighted by atomic mass is 16.1. The average molecular weight is 450 g/mol. The highest BCUT2D eigenvalue weighted by molar-refractivity contribution is 5.78. The second-order valence-electron chi connectivity index (χ2n) is 9.96. The fourth-order valence-corrected chi connectivity index (χ4v) is 5.57. The second-order valence-corrected chi connectivity index (χ2v) is 9.96. The van der Waals surface area contributed by atoms with Crippen LogP contribution in [0.1, 0.15) is 57.0 Å². The third-order valence-corrected chi connectivity index (χ3v) is 7.66. The van der Waals surface area contributed by atoms with Crippen LogP contribution < -0.4 is 10.2 Å². The smallest absolute Gasteiger partial charge is 0.223 e. The molecule has 2 aromatic rings. The summed E-state index contributed by atoms with van der Waals surface area (Å²) in [5.74, 6) is 2.25. The number of amides is 1. The van der Waals surface area contributed by atoms with E-state index in [1.54, 1.807) is 0 Å². The summed E-state index contributed by atoms with van der Waals surface area (Å²) < 4.78 is 0. The molecule has 33 heavy (non-hydrogen) atoms. The number of hydrogen-bond donors (Lipinski definition) is 1. The van der Waals surface area contributed by atoms with Crippen LogP contribution in [-0.2, 0) is 4.79 Å². The first-order valence-corrected chi connectivity index (χ1v) is 12.5. The second kappa shape index (κ2) is 10.2. The molecule has 4 heterocycles. The summed E-state index contributed by atoms with van der Waals surface area (Å²) in [5.41, 5.74) is 4.50. The minimum absolute atomic E-state index is 0.141. The van der Waals surface area contributed by atoms with E-state index in [1.807, 2.05) is 6.92 Å². The molecule has 4 atom stereocenters. The van der Waals surface area contributed by atoms with Gasteiger partial charge in [0, 0.05) is 62.0 Å². The third kappa shape index (κ3) is 5.21. The van der Waals surface area contributed by atoms with E-state index in [9.17, 15) is 4.79 Å². The van der Waals surface area contributed by atoms with Gasteiger partial charge in [-0.15, -0.1) is 0 Å². The normalized spacial score (nSPS) is 24.2. The van der Waals surface area contributed by atoms with E-state index in [4.69, 9.17) is 9.97 Å². The summed E-state index contributed by atoms with van der Waals surface area (Å²) >= 11 is 0. The summed E-state index contributed by atoms with van der Waals surface area (Å²) in [5, 5.41) is 3.24. The van der Waals surface area contributed by atoms with Gasteiger partial charge in [-0.2, -0.15) is 0 Å². The molecular weight excluding hydrogens is 410 g/mol. The molecule has 0 spiro atoms. The van der Waals surface area contributed by atoms with Gasteiger partial charge < -0.3 is 10.2 Å². The maximum atomic E-state index is 12.5. The van der Waals surface area contributed by atoms with E-state index in [2.05, 4.69) is 73.4 Å². The van der Waals surface area contributed by atoms with Crippen LogP contribution in [0.15, 0.2) is 30.3 Å². The summed E-state index contributed by atoms with van der Waals surface area (Å²) in [7, 11) is 4.11. The molecule has 1 aromatic heterocycles. The van der Waals surface area contributed by atoms with E-state index in [1.165, 1.54) is 17.8 Å². The number of aromatic nitrogens is 2. The zero-order chi connectivity index (χ0) is 23.5. The summed E-state index contributed by atoms with van der Waals surface area (Å²) in [4.78, 5) is 26.8. The lowest BCUT2D eigenvalue weighted by Crippen LogP contribution is -2.56. The number of fused-ring (bicyclic) bond motifs is 3. The van der Waals surface area contributed by atoms with Crippen molar-refractivity contribution in [3.8, 4) is 11.3 Å². The zero-order valence-corrected chi connectivity index (χ0v) is 20.8. The van der Waals surface area contributed by atoms with Crippen molar-refractivity contribution in [2.75, 3.05) is 38.6 Å². The first-order chi connectivity index (χ1) is 15.9. The summed E-state index contributed by atoms with van der Waals surface area (Å²) in [6.07, 6.45) is 4.16. The zero-order valence-electron chi connectivity index (χ0n) is 20.8. The van der Waals surface area contributed by atoms with Gasteiger partial charge in [0.15, 0.2) is 0 Å². The predicted molar refractivity (Wildman–Crippen MR) is 134 cm³/mol. The molecule has 0 radical (unpaired) electrons. The third-order valence-electron chi connectivity index (χ3n) is 7.66. The predicted octanol–water partition coefficient (Wildman–Crippen LogP) is 4.25. The minimum Gasteiger partial charge on any atom is -0.378 e. The Kier molecular flexibility index (Phi) is 7.32. The van der Waals surface area contributed by atoms with Crippen LogP contribution in [0.2, 0.25) is 0 Å². The Balaban J connectivity index is 1.46. The lowest BCUT2D eigenvalue weighted by molar-refractivity contribution is -0.125. The molecule has 1 N–H and O–H groups in total. The minimum atomic E-state index is 0.141. The van der Waals surface area contributed by atoms with Crippen LogP contribution in [0.5, 0.6) is 0 Å². The van der Waals surface area contributed by atoms with Gasteiger partial charge in [0.05, 0.1) is 5.69 Å². The Morgan fingerprint density at radius 2 is 1.91 bits per heavy atom. The molecule has 178 valence electrons. The number of piperidine rings is 3. The highest BCUT2D eigenvalue weighted by Gasteiger charge is 2.41. The van der Waals surface area contributed by atoms with Gasteiger partial charge in [0.25, 0.3) is 0 Å². The molecular formula is C27H39N5O. The maximum absolute atomic E-state index is 12.5. The molecule has 6 heteroatoms. The van der Waals surface area contributed by atoms with Crippen LogP contribution in [-0.4, -0.2) is 60.5 Å². The maximum Gasteiger partial charge on any atom is 0.223 e. The number of carbonyl (C=O) groups is 1. The Hall–Kier alpha value is -2.47. The van der Waals surface area contributed by atoms with E-state index in [-0.39, 0.29) is 11.8 Å². The van der Waals surface area contributed by atoms with E-state index >= 15 is 0 Å². The van der Waals surface area contributed by atoms with Crippen molar-refractivity contribution in [3.63, 3.8) is 0 Å². The van der Waals surface area contributed by atoms with E-state index in [0.29, 0.717) is 17.9 Å². The topological polar surface area (TPSA) is 61.4 Å². The van der Waals surface area contributed by atoms with Crippen molar-refractivity contribution in [3.05, 3.63) is 41.9 Å². The number of carbonyl (C=O) groups excluding carboxylic acids is 1. The fourth-order valence-electron chi connectivity index (χ4n) is 5.57. The van der Waals surface area contributed by atoms with Gasteiger partial charge in [0.1, 0.15) is 5.82 Å². The number of nitrogens with one attached hydrogen (secondary N) is 1. The van der Waals surface area contributed by atoms with Gasteiger partial charge in [-0.25, -0.2) is 9.97 Å². The molecule has 3 fully saturated rings. The van der Waals surface area contributed by atoms with Crippen molar-refractivity contribution < 1.29 is 4.79 Å². The quantitative estimate of drug-likeness (QED) is 0.653. The monoisotopic (exact) mass is 449 g/mol. The molecule has 2 bridgehead atoms. The molecule has 1 amide bonds. The average Bonchev–Trinajstić information content (AvgIpc) is 2.83. The number of anilines is 1. The highest BCUT2D eigenvalue weighted by Crippen LogP contribution is 2.41. The standard InChI is InChI=1S/C27H39N5O/c1-6-19(7-2)27(33)28-16-23-14-21-12-13-32(23)17-24(21)26-15-25(29-18(3)30-26)20-8-10-22(11-9-20)31(4)5/h8-11,15,19,21,23-24H,6-7,12-14,16-17H2,1-5H3,(H,28,33). The van der Waals surface area contributed by atoms with Gasteiger partial charge >= 0.3 is 0 Å². The van der Waals surface area contributed by atoms with Crippen molar-refractivity contribution >= 4 is 11.6 Å². The van der Waals surface area contributed by atoms with E-state index < -0.39 is 0 Å². The van der Waals surface area contributed by atoms with Crippen molar-refractivity contribution in [1.82, 2.24) is 20.2 Å². The molecule has 3 aliphatic rings. The van der Waals surface area contributed by atoms with Gasteiger partial charge in [-0.3, -0.25) is 9.69 Å². The number of hydrogen-bond acceptors (Lipinski definition) is 5. The van der Waals surface area contributed by atoms with Crippen LogP contribution in [0.4, 0.5) is 5.69 Å². The Morgan fingerprint density at radius 3 is 2.52 bits per heavy atom. The summed E-state index contributed by atoms with van der Waals surface area (Å²) in [6.45, 7) is 9.10. The molecule has 0 saturated carbocycles. The molecule has 3 aliphatic heterocycles. The SMILES string of the molecule is CCC(CC)C(=O)NCC1CC2CCN1CC2c1cc(-c2ccc(N(C)C)cc2)nc(C)n1. The lowest BCUT2D eigenvalue weighted by Gasteiger charge is -2.49. The van der Waals surface area contributed by atoms with Gasteiger partial charge in [0.2, 0.25) is 5.91 Å². The van der Waals surface area contributed by atoms with Crippen molar-refractivity contribution in [2.24, 2.45) is 11.8 Å². The Morgan fingerprint density at radius 1 is 1.18 bits per heavy atom. The lowest BCUT2D eigenvalue weighted by atomic mass is 9.74. The molecule has 0 aliphatic carbocycles. The molecule has 6 nitrogen and oxygen atoms in total. The van der Waals surface area contributed by atoms with Crippen LogP contribution in [0, 0.1) is 18.8 Å². The van der Waals surface area contributed by atoms with Gasteiger partial charge in [-0.05, 0) is 63.3 Å². The van der Waals surface area contributed by atoms with Crippen LogP contribution in [0.3, 0.4) is 0 Å². The van der Waals surface area contributed by atoms with Crippen molar-refractivity contribution in [2.45, 2.75) is 58.4 Å². The van der Waals surface area contributed by atoms with Crippen LogP contribution in [0.25, 0.3) is 11.3 Å². The molecule has 5 rings (SSSR count). The van der Waals surface area contributed by atoms with E-state index in [0.717, 1.165) is 56.0 Å². The Bertz CT molecular complexity index is 953. The first-order valence-electron chi connectivity index (χ1n) is 12.5.